The lowest BCUT2D eigenvalue weighted by Crippen LogP contribution is -2.60. The van der Waals surface area contributed by atoms with E-state index in [1.807, 2.05) is 12.1 Å². The average molecular weight is 487 g/mol. The number of carbonyl (C=O) groups is 1. The fraction of sp³-hybridized carbons (Fsp3) is 0.593. The molecule has 6 nitrogen and oxygen atoms in total. The SMILES string of the molecule is C=CC[C@@H]1O[C@@H](C(O)/C=C/[Si](C)(C)C)C2OC3(CCCCC3)O[C@H]2C1OC(=O)c1ccccc1. The van der Waals surface area contributed by atoms with Crippen LogP contribution in [0.15, 0.2) is 54.8 Å². The smallest absolute Gasteiger partial charge is 0.338 e. The highest BCUT2D eigenvalue weighted by Crippen LogP contribution is 2.46. The Labute approximate surface area is 203 Å². The van der Waals surface area contributed by atoms with Gasteiger partial charge < -0.3 is 24.1 Å². The van der Waals surface area contributed by atoms with Gasteiger partial charge >= 0.3 is 5.97 Å². The van der Waals surface area contributed by atoms with Crippen molar-refractivity contribution in [1.82, 2.24) is 0 Å². The van der Waals surface area contributed by atoms with Crippen LogP contribution in [0.2, 0.25) is 19.6 Å². The minimum atomic E-state index is -1.51. The van der Waals surface area contributed by atoms with Crippen LogP contribution in [-0.2, 0) is 18.9 Å². The maximum absolute atomic E-state index is 13.0. The summed E-state index contributed by atoms with van der Waals surface area (Å²) in [5.74, 6) is -1.13. The number of ether oxygens (including phenoxy) is 4. The number of aliphatic hydroxyl groups excluding tert-OH is 1. The number of rotatable bonds is 7. The molecule has 2 heterocycles. The van der Waals surface area contributed by atoms with E-state index in [1.54, 1.807) is 30.3 Å². The van der Waals surface area contributed by atoms with E-state index in [1.165, 1.54) is 0 Å². The van der Waals surface area contributed by atoms with E-state index in [4.69, 9.17) is 18.9 Å². The van der Waals surface area contributed by atoms with Gasteiger partial charge in [-0.1, -0.05) is 62.1 Å². The van der Waals surface area contributed by atoms with Crippen LogP contribution in [0.4, 0.5) is 0 Å². The first-order chi connectivity index (χ1) is 16.2. The highest BCUT2D eigenvalue weighted by Gasteiger charge is 2.60. The third kappa shape index (κ3) is 5.71. The van der Waals surface area contributed by atoms with Crippen LogP contribution in [0, 0.1) is 0 Å². The molecule has 1 spiro atoms. The van der Waals surface area contributed by atoms with Gasteiger partial charge in [-0.05, 0) is 31.4 Å². The van der Waals surface area contributed by atoms with Crippen LogP contribution < -0.4 is 0 Å². The Morgan fingerprint density at radius 3 is 2.50 bits per heavy atom. The second kappa shape index (κ2) is 10.5. The predicted molar refractivity (Wildman–Crippen MR) is 133 cm³/mol. The monoisotopic (exact) mass is 486 g/mol. The van der Waals surface area contributed by atoms with Crippen LogP contribution in [0.25, 0.3) is 0 Å². The molecule has 3 aliphatic rings. The molecule has 2 saturated heterocycles. The zero-order valence-electron chi connectivity index (χ0n) is 20.5. The minimum absolute atomic E-state index is 0.423. The van der Waals surface area contributed by atoms with Gasteiger partial charge in [0.25, 0.3) is 0 Å². The van der Waals surface area contributed by atoms with Gasteiger partial charge in [0.15, 0.2) is 11.9 Å². The topological polar surface area (TPSA) is 74.2 Å². The Kier molecular flexibility index (Phi) is 7.79. The quantitative estimate of drug-likeness (QED) is 0.339. The van der Waals surface area contributed by atoms with E-state index in [9.17, 15) is 9.90 Å². The van der Waals surface area contributed by atoms with E-state index in [2.05, 4.69) is 31.9 Å². The van der Waals surface area contributed by atoms with E-state index < -0.39 is 56.5 Å². The van der Waals surface area contributed by atoms with Gasteiger partial charge in [-0.25, -0.2) is 4.79 Å². The normalized spacial score (nSPS) is 31.8. The van der Waals surface area contributed by atoms with Crippen molar-refractivity contribution in [2.75, 3.05) is 0 Å². The molecule has 6 atom stereocenters. The molecule has 0 radical (unpaired) electrons. The van der Waals surface area contributed by atoms with Gasteiger partial charge in [0.05, 0.1) is 13.6 Å². The third-order valence-electron chi connectivity index (χ3n) is 6.77. The lowest BCUT2D eigenvalue weighted by atomic mass is 9.90. The highest BCUT2D eigenvalue weighted by atomic mass is 28.3. The molecule has 3 fully saturated rings. The molecule has 0 bridgehead atoms. The number of hydrogen-bond acceptors (Lipinski definition) is 6. The van der Waals surface area contributed by atoms with Crippen molar-refractivity contribution in [1.29, 1.82) is 0 Å². The molecule has 34 heavy (non-hydrogen) atoms. The molecule has 1 aromatic carbocycles. The van der Waals surface area contributed by atoms with Gasteiger partial charge in [-0.15, -0.1) is 6.58 Å². The zero-order valence-corrected chi connectivity index (χ0v) is 21.5. The Hall–Kier alpha value is -1.77. The molecule has 186 valence electrons. The lowest BCUT2D eigenvalue weighted by molar-refractivity contribution is -0.207. The van der Waals surface area contributed by atoms with E-state index in [0.717, 1.165) is 32.1 Å². The van der Waals surface area contributed by atoms with Crippen LogP contribution in [0.5, 0.6) is 0 Å². The summed E-state index contributed by atoms with van der Waals surface area (Å²) in [5, 5.41) is 11.1. The molecule has 4 rings (SSSR count). The third-order valence-corrected chi connectivity index (χ3v) is 7.96. The van der Waals surface area contributed by atoms with Crippen molar-refractivity contribution < 1.29 is 28.8 Å². The van der Waals surface area contributed by atoms with E-state index in [-0.39, 0.29) is 0 Å². The first-order valence-electron chi connectivity index (χ1n) is 12.5. The summed E-state index contributed by atoms with van der Waals surface area (Å²) >= 11 is 0. The molecule has 2 aliphatic heterocycles. The molecular formula is C27H38O6Si. The maximum atomic E-state index is 13.0. The minimum Gasteiger partial charge on any atom is -0.453 e. The standard InChI is InChI=1S/C27H38O6Si/c1-5-12-21-23(31-26(29)19-13-8-6-9-14-19)25-24(32-27(33-25)16-10-7-11-17-27)22(30-21)20(28)15-18-34(2,3)4/h5-6,8-9,13-15,18,20-25,28H,1,7,10-12,16-17H2,2-4H3/b18-15+/t20?,21-,22-,23?,24?,25-/m0/s1. The summed E-state index contributed by atoms with van der Waals surface area (Å²) in [5.41, 5.74) is 2.59. The van der Waals surface area contributed by atoms with Gasteiger partial charge in [0.2, 0.25) is 0 Å². The zero-order chi connectivity index (χ0) is 24.3. The number of fused-ring (bicyclic) bond motifs is 1. The summed E-state index contributed by atoms with van der Waals surface area (Å²) in [7, 11) is -1.51. The Morgan fingerprint density at radius 1 is 1.18 bits per heavy atom. The van der Waals surface area contributed by atoms with Crippen molar-refractivity contribution in [3.05, 3.63) is 60.3 Å². The first-order valence-corrected chi connectivity index (χ1v) is 16.0. The Balaban J connectivity index is 1.63. The highest BCUT2D eigenvalue weighted by molar-refractivity contribution is 6.80. The summed E-state index contributed by atoms with van der Waals surface area (Å²) in [6.45, 7) is 10.5. The van der Waals surface area contributed by atoms with Crippen LogP contribution in [0.1, 0.15) is 48.9 Å². The molecule has 1 aromatic rings. The second-order valence-corrected chi connectivity index (χ2v) is 15.8. The van der Waals surface area contributed by atoms with E-state index in [0.29, 0.717) is 12.0 Å². The van der Waals surface area contributed by atoms with Crippen molar-refractivity contribution >= 4 is 14.0 Å². The molecule has 1 aliphatic carbocycles. The summed E-state index contributed by atoms with van der Waals surface area (Å²) in [6, 6.07) is 8.93. The largest absolute Gasteiger partial charge is 0.453 e. The fourth-order valence-electron chi connectivity index (χ4n) is 5.09. The summed E-state index contributed by atoms with van der Waals surface area (Å²) in [4.78, 5) is 13.0. The van der Waals surface area contributed by atoms with Gasteiger partial charge in [0.1, 0.15) is 30.5 Å². The molecule has 0 amide bonds. The van der Waals surface area contributed by atoms with Crippen molar-refractivity contribution in [3.63, 3.8) is 0 Å². The molecule has 7 heteroatoms. The number of carbonyl (C=O) groups excluding carboxylic acids is 1. The second-order valence-electron chi connectivity index (χ2n) is 10.8. The van der Waals surface area contributed by atoms with Gasteiger partial charge in [0, 0.05) is 12.8 Å². The van der Waals surface area contributed by atoms with Crippen molar-refractivity contribution in [2.45, 2.75) is 101 Å². The number of hydrogen-bond donors (Lipinski definition) is 1. The number of aliphatic hydroxyl groups is 1. The van der Waals surface area contributed by atoms with Gasteiger partial charge in [-0.2, -0.15) is 0 Å². The van der Waals surface area contributed by atoms with Gasteiger partial charge in [-0.3, -0.25) is 0 Å². The number of benzene rings is 1. The number of esters is 1. The first kappa shape index (κ1) is 25.3. The Morgan fingerprint density at radius 2 is 1.85 bits per heavy atom. The molecule has 3 unspecified atom stereocenters. The van der Waals surface area contributed by atoms with Crippen LogP contribution in [-0.4, -0.2) is 61.6 Å². The lowest BCUT2D eigenvalue weighted by Gasteiger charge is -2.42. The van der Waals surface area contributed by atoms with Crippen LogP contribution in [0.3, 0.4) is 0 Å². The molecule has 1 saturated carbocycles. The fourth-order valence-corrected chi connectivity index (χ4v) is 5.87. The summed E-state index contributed by atoms with van der Waals surface area (Å²) in [6.07, 6.45) is 5.15. The Bertz CT molecular complexity index is 873. The predicted octanol–water partition coefficient (Wildman–Crippen LogP) is 4.79. The summed E-state index contributed by atoms with van der Waals surface area (Å²) < 4.78 is 25.6. The molecule has 0 aromatic heterocycles. The maximum Gasteiger partial charge on any atom is 0.338 e. The van der Waals surface area contributed by atoms with Crippen LogP contribution >= 0.6 is 0 Å². The average Bonchev–Trinajstić information content (AvgIpc) is 3.17. The van der Waals surface area contributed by atoms with Crippen molar-refractivity contribution in [3.8, 4) is 0 Å². The molecule has 1 N–H and O–H groups in total. The van der Waals surface area contributed by atoms with Crippen molar-refractivity contribution in [2.24, 2.45) is 0 Å². The molecular weight excluding hydrogens is 448 g/mol. The van der Waals surface area contributed by atoms with E-state index >= 15 is 0 Å².